The van der Waals surface area contributed by atoms with Crippen molar-refractivity contribution in [1.29, 1.82) is 0 Å². The molecule has 0 aliphatic rings. The number of thioether (sulfide) groups is 1. The van der Waals surface area contributed by atoms with Crippen molar-refractivity contribution < 1.29 is 18.8 Å². The molecule has 0 atom stereocenters. The van der Waals surface area contributed by atoms with Crippen LogP contribution in [0.3, 0.4) is 0 Å². The van der Waals surface area contributed by atoms with Crippen molar-refractivity contribution in [3.63, 3.8) is 0 Å². The molecule has 0 aliphatic carbocycles. The van der Waals surface area contributed by atoms with Crippen LogP contribution in [-0.2, 0) is 20.1 Å². The molecule has 0 fully saturated rings. The number of carbonyl (C=O) groups excluding carboxylic acids is 2. The summed E-state index contributed by atoms with van der Waals surface area (Å²) in [6.45, 7) is 1.38. The lowest BCUT2D eigenvalue weighted by Gasteiger charge is -2.06. The van der Waals surface area contributed by atoms with E-state index in [0.29, 0.717) is 23.2 Å². The number of esters is 1. The fourth-order valence-electron chi connectivity index (χ4n) is 1.54. The second-order valence-corrected chi connectivity index (χ2v) is 6.67. The first-order valence-corrected chi connectivity index (χ1v) is 8.84. The van der Waals surface area contributed by atoms with E-state index in [0.717, 1.165) is 3.57 Å². The zero-order chi connectivity index (χ0) is 16.7. The van der Waals surface area contributed by atoms with Crippen LogP contribution in [0.25, 0.3) is 0 Å². The highest BCUT2D eigenvalue weighted by atomic mass is 127. The van der Waals surface area contributed by atoms with Crippen LogP contribution >= 0.6 is 34.4 Å². The quantitative estimate of drug-likeness (QED) is 0.515. The van der Waals surface area contributed by atoms with Crippen molar-refractivity contribution in [3.8, 4) is 0 Å². The molecule has 1 N–H and O–H groups in total. The Morgan fingerprint density at radius 2 is 2.09 bits per heavy atom. The number of hydrogen-bond acceptors (Lipinski definition) is 7. The number of carbonyl (C=O) groups is 2. The average Bonchev–Trinajstić information content (AvgIpc) is 2.93. The third-order valence-corrected chi connectivity index (χ3v) is 4.13. The second-order valence-electron chi connectivity index (χ2n) is 4.44. The first-order chi connectivity index (χ1) is 11.0. The molecule has 2 rings (SSSR count). The second kappa shape index (κ2) is 8.87. The topological polar surface area (TPSA) is 94.3 Å². The minimum atomic E-state index is -0.465. The van der Waals surface area contributed by atoms with Gasteiger partial charge in [0, 0.05) is 16.2 Å². The van der Waals surface area contributed by atoms with Gasteiger partial charge in [-0.15, -0.1) is 11.8 Å². The van der Waals surface area contributed by atoms with Crippen molar-refractivity contribution in [3.05, 3.63) is 39.6 Å². The van der Waals surface area contributed by atoms with Gasteiger partial charge in [0.05, 0.1) is 11.5 Å². The Hall–Kier alpha value is -1.62. The van der Waals surface area contributed by atoms with Gasteiger partial charge < -0.3 is 14.6 Å². The molecule has 7 nitrogen and oxygen atoms in total. The van der Waals surface area contributed by atoms with Crippen LogP contribution in [0, 0.1) is 10.5 Å². The SMILES string of the molecule is Cc1nc(CSCC(=O)OCC(=O)Nc2ccc(I)cc2)no1. The minimum absolute atomic E-state index is 0.115. The van der Waals surface area contributed by atoms with Crippen LogP contribution < -0.4 is 5.32 Å². The van der Waals surface area contributed by atoms with Gasteiger partial charge >= 0.3 is 5.97 Å². The van der Waals surface area contributed by atoms with E-state index in [9.17, 15) is 9.59 Å². The standard InChI is InChI=1S/C14H14IN3O4S/c1-9-16-12(18-22-9)7-23-8-14(20)21-6-13(19)17-11-4-2-10(15)3-5-11/h2-5H,6-8H2,1H3,(H,17,19). The Kier molecular flexibility index (Phi) is 6.84. The molecular formula is C14H14IN3O4S. The lowest BCUT2D eigenvalue weighted by molar-refractivity contribution is -0.144. The van der Waals surface area contributed by atoms with Gasteiger partial charge in [-0.3, -0.25) is 9.59 Å². The van der Waals surface area contributed by atoms with Crippen LogP contribution in [0.5, 0.6) is 0 Å². The maximum atomic E-state index is 11.7. The fraction of sp³-hybridized carbons (Fsp3) is 0.286. The number of anilines is 1. The van der Waals surface area contributed by atoms with Gasteiger partial charge in [-0.2, -0.15) is 4.98 Å². The summed E-state index contributed by atoms with van der Waals surface area (Å²) in [4.78, 5) is 27.2. The molecule has 0 radical (unpaired) electrons. The summed E-state index contributed by atoms with van der Waals surface area (Å²) < 4.78 is 10.8. The Morgan fingerprint density at radius 3 is 2.74 bits per heavy atom. The predicted molar refractivity (Wildman–Crippen MR) is 93.9 cm³/mol. The third kappa shape index (κ3) is 6.57. The molecule has 0 saturated carbocycles. The number of benzene rings is 1. The molecule has 0 spiro atoms. The highest BCUT2D eigenvalue weighted by Crippen LogP contribution is 2.11. The van der Waals surface area contributed by atoms with Gasteiger partial charge in [-0.25, -0.2) is 0 Å². The molecule has 0 bridgehead atoms. The molecule has 1 aromatic carbocycles. The number of rotatable bonds is 7. The van der Waals surface area contributed by atoms with Gasteiger partial charge in [0.2, 0.25) is 5.89 Å². The zero-order valence-electron chi connectivity index (χ0n) is 12.2. The van der Waals surface area contributed by atoms with Crippen LogP contribution in [-0.4, -0.2) is 34.4 Å². The lowest BCUT2D eigenvalue weighted by Crippen LogP contribution is -2.21. The summed E-state index contributed by atoms with van der Waals surface area (Å²) in [6.07, 6.45) is 0. The molecule has 1 aromatic heterocycles. The molecule has 9 heteroatoms. The molecule has 0 aliphatic heterocycles. The number of ether oxygens (including phenoxy) is 1. The molecular weight excluding hydrogens is 433 g/mol. The maximum absolute atomic E-state index is 11.7. The number of halogens is 1. The maximum Gasteiger partial charge on any atom is 0.316 e. The van der Waals surface area contributed by atoms with Crippen molar-refractivity contribution in [2.24, 2.45) is 0 Å². The highest BCUT2D eigenvalue weighted by molar-refractivity contribution is 14.1. The smallest absolute Gasteiger partial charge is 0.316 e. The summed E-state index contributed by atoms with van der Waals surface area (Å²) in [7, 11) is 0. The zero-order valence-corrected chi connectivity index (χ0v) is 15.2. The van der Waals surface area contributed by atoms with Crippen LogP contribution in [0.1, 0.15) is 11.7 Å². The summed E-state index contributed by atoms with van der Waals surface area (Å²) in [5, 5.41) is 6.37. The van der Waals surface area contributed by atoms with E-state index in [1.165, 1.54) is 11.8 Å². The van der Waals surface area contributed by atoms with Crippen molar-refractivity contribution in [2.75, 3.05) is 17.7 Å². The van der Waals surface area contributed by atoms with Crippen LogP contribution in [0.2, 0.25) is 0 Å². The lowest BCUT2D eigenvalue weighted by atomic mass is 10.3. The van der Waals surface area contributed by atoms with E-state index in [2.05, 4.69) is 38.0 Å². The first-order valence-electron chi connectivity index (χ1n) is 6.61. The average molecular weight is 447 g/mol. The largest absolute Gasteiger partial charge is 0.455 e. The third-order valence-electron chi connectivity index (χ3n) is 2.51. The first kappa shape index (κ1) is 17.7. The summed E-state index contributed by atoms with van der Waals surface area (Å²) in [6, 6.07) is 7.31. The summed E-state index contributed by atoms with van der Waals surface area (Å²) >= 11 is 3.47. The van der Waals surface area contributed by atoms with Gasteiger partial charge in [0.1, 0.15) is 0 Å². The molecule has 1 amide bonds. The number of nitrogens with one attached hydrogen (secondary N) is 1. The van der Waals surface area contributed by atoms with Gasteiger partial charge in [0.25, 0.3) is 5.91 Å². The van der Waals surface area contributed by atoms with Gasteiger partial charge in [-0.05, 0) is 46.9 Å². The van der Waals surface area contributed by atoms with Gasteiger partial charge in [-0.1, -0.05) is 5.16 Å². The number of aromatic nitrogens is 2. The van der Waals surface area contributed by atoms with E-state index in [4.69, 9.17) is 9.26 Å². The number of nitrogens with zero attached hydrogens (tertiary/aromatic N) is 2. The predicted octanol–water partition coefficient (Wildman–Crippen LogP) is 2.40. The van der Waals surface area contributed by atoms with E-state index in [1.54, 1.807) is 19.1 Å². The van der Waals surface area contributed by atoms with Gasteiger partial charge in [0.15, 0.2) is 12.4 Å². The molecule has 2 aromatic rings. The van der Waals surface area contributed by atoms with Crippen LogP contribution in [0.15, 0.2) is 28.8 Å². The Balaban J connectivity index is 1.63. The molecule has 23 heavy (non-hydrogen) atoms. The normalized spacial score (nSPS) is 10.3. The Bertz CT molecular complexity index is 675. The molecule has 122 valence electrons. The van der Waals surface area contributed by atoms with E-state index < -0.39 is 5.97 Å². The molecule has 0 unspecified atom stereocenters. The summed E-state index contributed by atoms with van der Waals surface area (Å²) in [5.41, 5.74) is 0.660. The summed E-state index contributed by atoms with van der Waals surface area (Å²) in [5.74, 6) is 0.727. The minimum Gasteiger partial charge on any atom is -0.455 e. The fourth-order valence-corrected chi connectivity index (χ4v) is 2.56. The van der Waals surface area contributed by atoms with E-state index in [1.807, 2.05) is 12.1 Å². The van der Waals surface area contributed by atoms with Crippen molar-refractivity contribution in [1.82, 2.24) is 10.1 Å². The number of hydrogen-bond donors (Lipinski definition) is 1. The van der Waals surface area contributed by atoms with E-state index in [-0.39, 0.29) is 18.3 Å². The Morgan fingerprint density at radius 1 is 1.35 bits per heavy atom. The monoisotopic (exact) mass is 447 g/mol. The number of amides is 1. The van der Waals surface area contributed by atoms with Crippen molar-refractivity contribution >= 4 is 51.9 Å². The highest BCUT2D eigenvalue weighted by Gasteiger charge is 2.09. The van der Waals surface area contributed by atoms with Crippen molar-refractivity contribution in [2.45, 2.75) is 12.7 Å². The molecule has 1 heterocycles. The van der Waals surface area contributed by atoms with Crippen LogP contribution in [0.4, 0.5) is 5.69 Å². The Labute approximate surface area is 150 Å². The number of aryl methyl sites for hydroxylation is 1. The van der Waals surface area contributed by atoms with E-state index >= 15 is 0 Å². The molecule has 0 saturated heterocycles.